The molecule has 0 bridgehead atoms. The van der Waals surface area contributed by atoms with Crippen LogP contribution in [0.1, 0.15) is 35.7 Å². The van der Waals surface area contributed by atoms with Crippen molar-refractivity contribution in [2.45, 2.75) is 26.2 Å². The van der Waals surface area contributed by atoms with Crippen LogP contribution in [-0.4, -0.2) is 74.6 Å². The maximum Gasteiger partial charge on any atom is 0.253 e. The average Bonchev–Trinajstić information content (AvgIpc) is 2.74. The number of piperazine rings is 1. The summed E-state index contributed by atoms with van der Waals surface area (Å²) in [6.45, 7) is 6.63. The summed E-state index contributed by atoms with van der Waals surface area (Å²) in [7, 11) is 1.66. The molecule has 2 saturated heterocycles. The van der Waals surface area contributed by atoms with Crippen molar-refractivity contribution in [2.75, 3.05) is 53.0 Å². The fraction of sp³-hybridized carbons (Fsp3) is 0.619. The SMILES string of the molecule is CCc1ccc(C(=O)N2CCN(C(=O)C3(COC)CCNCC3)CC2)cc1. The molecule has 1 aromatic carbocycles. The van der Waals surface area contributed by atoms with E-state index in [1.165, 1.54) is 5.56 Å². The van der Waals surface area contributed by atoms with Gasteiger partial charge in [-0.1, -0.05) is 19.1 Å². The van der Waals surface area contributed by atoms with Crippen LogP contribution in [-0.2, 0) is 16.0 Å². The van der Waals surface area contributed by atoms with E-state index in [2.05, 4.69) is 12.2 Å². The molecule has 1 aromatic rings. The zero-order chi connectivity index (χ0) is 19.3. The van der Waals surface area contributed by atoms with E-state index in [4.69, 9.17) is 4.74 Å². The maximum atomic E-state index is 13.2. The van der Waals surface area contributed by atoms with Gasteiger partial charge in [0.25, 0.3) is 5.91 Å². The highest BCUT2D eigenvalue weighted by Crippen LogP contribution is 2.32. The number of aryl methyl sites for hydroxylation is 1. The fourth-order valence-corrected chi connectivity index (χ4v) is 4.12. The van der Waals surface area contributed by atoms with E-state index in [1.54, 1.807) is 7.11 Å². The highest BCUT2D eigenvalue weighted by molar-refractivity contribution is 5.94. The average molecular weight is 373 g/mol. The predicted molar refractivity (Wildman–Crippen MR) is 105 cm³/mol. The van der Waals surface area contributed by atoms with Crippen LogP contribution < -0.4 is 5.32 Å². The third-order valence-electron chi connectivity index (χ3n) is 5.90. The van der Waals surface area contributed by atoms with Crippen LogP contribution in [0.5, 0.6) is 0 Å². The molecule has 0 aliphatic carbocycles. The summed E-state index contributed by atoms with van der Waals surface area (Å²) in [6.07, 6.45) is 2.58. The number of methoxy groups -OCH3 is 1. The van der Waals surface area contributed by atoms with Crippen molar-refractivity contribution in [1.29, 1.82) is 0 Å². The number of amides is 2. The zero-order valence-electron chi connectivity index (χ0n) is 16.5. The maximum absolute atomic E-state index is 13.2. The number of piperidine rings is 1. The Morgan fingerprint density at radius 3 is 2.19 bits per heavy atom. The van der Waals surface area contributed by atoms with Crippen LogP contribution in [0, 0.1) is 5.41 Å². The molecule has 2 fully saturated rings. The van der Waals surface area contributed by atoms with Crippen molar-refractivity contribution in [1.82, 2.24) is 15.1 Å². The first-order valence-electron chi connectivity index (χ1n) is 9.97. The Labute approximate surface area is 161 Å². The monoisotopic (exact) mass is 373 g/mol. The van der Waals surface area contributed by atoms with Crippen molar-refractivity contribution in [3.05, 3.63) is 35.4 Å². The van der Waals surface area contributed by atoms with Crippen molar-refractivity contribution >= 4 is 11.8 Å². The Morgan fingerprint density at radius 2 is 1.63 bits per heavy atom. The zero-order valence-corrected chi connectivity index (χ0v) is 16.5. The molecular formula is C21H31N3O3. The summed E-state index contributed by atoms with van der Waals surface area (Å²) >= 11 is 0. The number of carbonyl (C=O) groups is 2. The van der Waals surface area contributed by atoms with Crippen LogP contribution >= 0.6 is 0 Å². The van der Waals surface area contributed by atoms with E-state index >= 15 is 0 Å². The number of benzene rings is 1. The van der Waals surface area contributed by atoms with E-state index in [-0.39, 0.29) is 11.8 Å². The smallest absolute Gasteiger partial charge is 0.253 e. The van der Waals surface area contributed by atoms with Gasteiger partial charge in [0.15, 0.2) is 0 Å². The number of ether oxygens (including phenoxy) is 1. The molecule has 0 saturated carbocycles. The van der Waals surface area contributed by atoms with E-state index in [1.807, 2.05) is 34.1 Å². The largest absolute Gasteiger partial charge is 0.384 e. The lowest BCUT2D eigenvalue weighted by atomic mass is 9.78. The summed E-state index contributed by atoms with van der Waals surface area (Å²) in [5, 5.41) is 3.32. The number of hydrogen-bond donors (Lipinski definition) is 1. The van der Waals surface area contributed by atoms with Crippen LogP contribution in [0.25, 0.3) is 0 Å². The van der Waals surface area contributed by atoms with Crippen LogP contribution in [0.4, 0.5) is 0 Å². The van der Waals surface area contributed by atoms with Gasteiger partial charge in [0.1, 0.15) is 0 Å². The number of carbonyl (C=O) groups excluding carboxylic acids is 2. The lowest BCUT2D eigenvalue weighted by Gasteiger charge is -2.42. The molecule has 0 aromatic heterocycles. The molecule has 3 rings (SSSR count). The normalized spacial score (nSPS) is 19.8. The van der Waals surface area contributed by atoms with Crippen molar-refractivity contribution in [3.63, 3.8) is 0 Å². The second-order valence-corrected chi connectivity index (χ2v) is 7.60. The number of rotatable bonds is 5. The molecule has 0 radical (unpaired) electrons. The summed E-state index contributed by atoms with van der Waals surface area (Å²) < 4.78 is 5.39. The Morgan fingerprint density at radius 1 is 1.04 bits per heavy atom. The van der Waals surface area contributed by atoms with E-state index in [0.717, 1.165) is 37.9 Å². The van der Waals surface area contributed by atoms with Crippen LogP contribution in [0.3, 0.4) is 0 Å². The van der Waals surface area contributed by atoms with Gasteiger partial charge in [-0.15, -0.1) is 0 Å². The Bertz CT molecular complexity index is 640. The minimum Gasteiger partial charge on any atom is -0.384 e. The molecule has 0 spiro atoms. The highest BCUT2D eigenvalue weighted by atomic mass is 16.5. The Kier molecular flexibility index (Phi) is 6.50. The third kappa shape index (κ3) is 4.33. The van der Waals surface area contributed by atoms with Gasteiger partial charge in [-0.25, -0.2) is 0 Å². The molecule has 0 unspecified atom stereocenters. The first-order chi connectivity index (χ1) is 13.1. The lowest BCUT2D eigenvalue weighted by molar-refractivity contribution is -0.149. The molecule has 6 heteroatoms. The molecule has 2 aliphatic rings. The molecule has 1 N–H and O–H groups in total. The highest BCUT2D eigenvalue weighted by Gasteiger charge is 2.43. The third-order valence-corrected chi connectivity index (χ3v) is 5.90. The van der Waals surface area contributed by atoms with Gasteiger partial charge in [-0.3, -0.25) is 9.59 Å². The van der Waals surface area contributed by atoms with Gasteiger partial charge in [-0.05, 0) is 50.0 Å². The lowest BCUT2D eigenvalue weighted by Crippen LogP contribution is -2.57. The topological polar surface area (TPSA) is 61.9 Å². The quantitative estimate of drug-likeness (QED) is 0.851. The molecule has 2 aliphatic heterocycles. The predicted octanol–water partition coefficient (Wildman–Crippen LogP) is 1.55. The Hall–Kier alpha value is -1.92. The molecule has 2 amide bonds. The minimum atomic E-state index is -0.415. The number of nitrogens with zero attached hydrogens (tertiary/aromatic N) is 2. The van der Waals surface area contributed by atoms with Gasteiger partial charge < -0.3 is 19.9 Å². The summed E-state index contributed by atoms with van der Waals surface area (Å²) in [5.41, 5.74) is 1.54. The standard InChI is InChI=1S/C21H31N3O3/c1-3-17-4-6-18(7-5-17)19(25)23-12-14-24(15-13-23)20(26)21(16-27-2)8-10-22-11-9-21/h4-7,22H,3,8-16H2,1-2H3. The van der Waals surface area contributed by atoms with Crippen molar-refractivity contribution < 1.29 is 14.3 Å². The van der Waals surface area contributed by atoms with Gasteiger partial charge in [0, 0.05) is 38.9 Å². The first kappa shape index (κ1) is 19.8. The van der Waals surface area contributed by atoms with E-state index in [9.17, 15) is 9.59 Å². The van der Waals surface area contributed by atoms with Crippen molar-refractivity contribution in [3.8, 4) is 0 Å². The summed E-state index contributed by atoms with van der Waals surface area (Å²) in [5.74, 6) is 0.239. The molecule has 148 valence electrons. The molecular weight excluding hydrogens is 342 g/mol. The Balaban J connectivity index is 1.60. The minimum absolute atomic E-state index is 0.0539. The molecule has 27 heavy (non-hydrogen) atoms. The first-order valence-corrected chi connectivity index (χ1v) is 9.97. The second-order valence-electron chi connectivity index (χ2n) is 7.60. The van der Waals surface area contributed by atoms with Gasteiger partial charge in [0.05, 0.1) is 12.0 Å². The molecule has 0 atom stereocenters. The van der Waals surface area contributed by atoms with Crippen LogP contribution in [0.2, 0.25) is 0 Å². The fourth-order valence-electron chi connectivity index (χ4n) is 4.12. The second kappa shape index (κ2) is 8.85. The summed E-state index contributed by atoms with van der Waals surface area (Å²) in [6, 6.07) is 7.83. The van der Waals surface area contributed by atoms with E-state index < -0.39 is 5.41 Å². The molecule has 6 nitrogen and oxygen atoms in total. The van der Waals surface area contributed by atoms with Crippen molar-refractivity contribution in [2.24, 2.45) is 5.41 Å². The summed E-state index contributed by atoms with van der Waals surface area (Å²) in [4.78, 5) is 29.7. The van der Waals surface area contributed by atoms with Gasteiger partial charge >= 0.3 is 0 Å². The van der Waals surface area contributed by atoms with Gasteiger partial charge in [0.2, 0.25) is 5.91 Å². The van der Waals surface area contributed by atoms with Crippen LogP contribution in [0.15, 0.2) is 24.3 Å². The number of hydrogen-bond acceptors (Lipinski definition) is 4. The van der Waals surface area contributed by atoms with E-state index in [0.29, 0.717) is 32.8 Å². The molecule has 2 heterocycles. The number of nitrogens with one attached hydrogen (secondary N) is 1. The van der Waals surface area contributed by atoms with Gasteiger partial charge in [-0.2, -0.15) is 0 Å².